The van der Waals surface area contributed by atoms with E-state index in [1.807, 2.05) is 24.3 Å². The Morgan fingerprint density at radius 2 is 1.88 bits per heavy atom. The molecular formula is C14H9N3. The summed E-state index contributed by atoms with van der Waals surface area (Å²) in [4.78, 5) is 7.16. The van der Waals surface area contributed by atoms with E-state index in [9.17, 15) is 0 Å². The molecule has 3 aromatic rings. The lowest BCUT2D eigenvalue weighted by Gasteiger charge is -2.00. The number of imidazole rings is 1. The smallest absolute Gasteiger partial charge is 0.138 e. The minimum atomic E-state index is 0.480. The first-order valence-electron chi connectivity index (χ1n) is 5.31. The molecule has 0 aliphatic carbocycles. The van der Waals surface area contributed by atoms with Gasteiger partial charge in [-0.3, -0.25) is 0 Å². The van der Waals surface area contributed by atoms with Crippen LogP contribution in [0.4, 0.5) is 0 Å². The minimum Gasteiger partial charge on any atom is -0.330 e. The van der Waals surface area contributed by atoms with Gasteiger partial charge in [0.25, 0.3) is 0 Å². The summed E-state index contributed by atoms with van der Waals surface area (Å²) in [5, 5.41) is 11.1. The monoisotopic (exact) mass is 219 g/mol. The molecule has 0 saturated carbocycles. The largest absolute Gasteiger partial charge is 0.330 e. The molecule has 3 heteroatoms. The average Bonchev–Trinajstić information content (AvgIpc) is 2.87. The summed E-state index contributed by atoms with van der Waals surface area (Å²) in [6.45, 7) is 0. The summed E-state index contributed by atoms with van der Waals surface area (Å²) in [5.74, 6) is 0.729. The van der Waals surface area contributed by atoms with E-state index in [4.69, 9.17) is 5.26 Å². The number of nitriles is 1. The van der Waals surface area contributed by atoms with Crippen molar-refractivity contribution in [2.45, 2.75) is 0 Å². The van der Waals surface area contributed by atoms with Crippen LogP contribution in [0.1, 0.15) is 5.69 Å². The summed E-state index contributed by atoms with van der Waals surface area (Å²) in [6.07, 6.45) is 1.55. The lowest BCUT2D eigenvalue weighted by molar-refractivity contribution is 1.29. The normalized spacial score (nSPS) is 10.3. The molecule has 0 saturated heterocycles. The van der Waals surface area contributed by atoms with Crippen molar-refractivity contribution < 1.29 is 0 Å². The Bertz CT molecular complexity index is 719. The second kappa shape index (κ2) is 3.76. The van der Waals surface area contributed by atoms with E-state index in [2.05, 4.69) is 34.2 Å². The number of hydrogen-bond donors (Lipinski definition) is 1. The SMILES string of the molecule is N#Cc1cnc(-c2ccc3ccccc3c2)[nH]1. The molecule has 0 aliphatic heterocycles. The van der Waals surface area contributed by atoms with E-state index in [0.717, 1.165) is 11.4 Å². The summed E-state index contributed by atoms with van der Waals surface area (Å²) in [6, 6.07) is 16.3. The first-order valence-corrected chi connectivity index (χ1v) is 5.31. The van der Waals surface area contributed by atoms with Crippen LogP contribution in [0.2, 0.25) is 0 Å². The lowest BCUT2D eigenvalue weighted by atomic mass is 10.1. The Morgan fingerprint density at radius 3 is 2.65 bits per heavy atom. The Labute approximate surface area is 98.4 Å². The molecule has 80 valence electrons. The molecule has 0 spiro atoms. The molecule has 0 aliphatic rings. The minimum absolute atomic E-state index is 0.480. The maximum absolute atomic E-state index is 8.75. The van der Waals surface area contributed by atoms with Gasteiger partial charge >= 0.3 is 0 Å². The fourth-order valence-electron chi connectivity index (χ4n) is 1.86. The van der Waals surface area contributed by atoms with Crippen LogP contribution in [0, 0.1) is 11.3 Å². The van der Waals surface area contributed by atoms with Gasteiger partial charge in [-0.1, -0.05) is 36.4 Å². The van der Waals surface area contributed by atoms with E-state index in [1.165, 1.54) is 10.8 Å². The van der Waals surface area contributed by atoms with Gasteiger partial charge in [-0.25, -0.2) is 4.98 Å². The molecule has 17 heavy (non-hydrogen) atoms. The Morgan fingerprint density at radius 1 is 1.06 bits per heavy atom. The second-order valence-electron chi connectivity index (χ2n) is 3.82. The molecule has 0 atom stereocenters. The van der Waals surface area contributed by atoms with Crippen molar-refractivity contribution in [3.05, 3.63) is 54.4 Å². The Kier molecular flexibility index (Phi) is 2.13. The highest BCUT2D eigenvalue weighted by Crippen LogP contribution is 2.22. The molecule has 0 radical (unpaired) electrons. The summed E-state index contributed by atoms with van der Waals surface area (Å²) >= 11 is 0. The van der Waals surface area contributed by atoms with Crippen LogP contribution < -0.4 is 0 Å². The van der Waals surface area contributed by atoms with Gasteiger partial charge in [-0.2, -0.15) is 5.26 Å². The fraction of sp³-hybridized carbons (Fsp3) is 0. The third-order valence-electron chi connectivity index (χ3n) is 2.72. The molecule has 3 rings (SSSR count). The van der Waals surface area contributed by atoms with Crippen molar-refractivity contribution in [2.24, 2.45) is 0 Å². The standard InChI is InChI=1S/C14H9N3/c15-8-13-9-16-14(17-13)12-6-5-10-3-1-2-4-11(10)7-12/h1-7,9H,(H,16,17). The zero-order valence-corrected chi connectivity index (χ0v) is 9.01. The van der Waals surface area contributed by atoms with E-state index in [1.54, 1.807) is 6.20 Å². The predicted molar refractivity (Wildman–Crippen MR) is 66.2 cm³/mol. The first-order chi connectivity index (χ1) is 8.36. The molecule has 0 fully saturated rings. The topological polar surface area (TPSA) is 52.5 Å². The van der Waals surface area contributed by atoms with Crippen molar-refractivity contribution in [1.82, 2.24) is 9.97 Å². The van der Waals surface area contributed by atoms with Gasteiger partial charge in [0.1, 0.15) is 17.6 Å². The van der Waals surface area contributed by atoms with Crippen LogP contribution in [-0.2, 0) is 0 Å². The molecule has 1 heterocycles. The van der Waals surface area contributed by atoms with Crippen LogP contribution in [0.25, 0.3) is 22.2 Å². The summed E-state index contributed by atoms with van der Waals surface area (Å²) in [7, 11) is 0. The van der Waals surface area contributed by atoms with Crippen molar-refractivity contribution in [2.75, 3.05) is 0 Å². The molecule has 1 N–H and O–H groups in total. The van der Waals surface area contributed by atoms with Crippen molar-refractivity contribution in [3.8, 4) is 17.5 Å². The third kappa shape index (κ3) is 1.66. The van der Waals surface area contributed by atoms with Gasteiger partial charge in [0.05, 0.1) is 6.20 Å². The van der Waals surface area contributed by atoms with Gasteiger partial charge in [0.15, 0.2) is 0 Å². The van der Waals surface area contributed by atoms with E-state index in [-0.39, 0.29) is 0 Å². The number of nitrogens with one attached hydrogen (secondary N) is 1. The first kappa shape index (κ1) is 9.61. The van der Waals surface area contributed by atoms with Crippen LogP contribution in [-0.4, -0.2) is 9.97 Å². The highest BCUT2D eigenvalue weighted by Gasteiger charge is 2.03. The Hall–Kier alpha value is -2.60. The number of aromatic nitrogens is 2. The van der Waals surface area contributed by atoms with E-state index >= 15 is 0 Å². The Balaban J connectivity index is 2.15. The zero-order valence-electron chi connectivity index (χ0n) is 9.01. The van der Waals surface area contributed by atoms with E-state index < -0.39 is 0 Å². The van der Waals surface area contributed by atoms with Gasteiger partial charge < -0.3 is 4.98 Å². The lowest BCUT2D eigenvalue weighted by Crippen LogP contribution is -1.81. The molecule has 2 aromatic carbocycles. The molecule has 0 unspecified atom stereocenters. The van der Waals surface area contributed by atoms with Crippen LogP contribution >= 0.6 is 0 Å². The third-order valence-corrected chi connectivity index (χ3v) is 2.72. The highest BCUT2D eigenvalue weighted by atomic mass is 14.9. The summed E-state index contributed by atoms with van der Waals surface area (Å²) in [5.41, 5.74) is 1.47. The van der Waals surface area contributed by atoms with Crippen molar-refractivity contribution in [1.29, 1.82) is 5.26 Å². The van der Waals surface area contributed by atoms with Gasteiger partial charge in [-0.15, -0.1) is 0 Å². The van der Waals surface area contributed by atoms with Crippen LogP contribution in [0.15, 0.2) is 48.7 Å². The number of rotatable bonds is 1. The molecule has 0 bridgehead atoms. The van der Waals surface area contributed by atoms with Crippen LogP contribution in [0.5, 0.6) is 0 Å². The maximum atomic E-state index is 8.75. The second-order valence-corrected chi connectivity index (χ2v) is 3.82. The van der Waals surface area contributed by atoms with Gasteiger partial charge in [0, 0.05) is 5.56 Å². The summed E-state index contributed by atoms with van der Waals surface area (Å²) < 4.78 is 0. The fourth-order valence-corrected chi connectivity index (χ4v) is 1.86. The number of hydrogen-bond acceptors (Lipinski definition) is 2. The quantitative estimate of drug-likeness (QED) is 0.683. The highest BCUT2D eigenvalue weighted by molar-refractivity contribution is 5.86. The van der Waals surface area contributed by atoms with Crippen molar-refractivity contribution >= 4 is 10.8 Å². The molecular weight excluding hydrogens is 210 g/mol. The number of nitrogens with zero attached hydrogens (tertiary/aromatic N) is 2. The zero-order chi connectivity index (χ0) is 11.7. The number of aromatic amines is 1. The van der Waals surface area contributed by atoms with Crippen molar-refractivity contribution in [3.63, 3.8) is 0 Å². The van der Waals surface area contributed by atoms with Crippen LogP contribution in [0.3, 0.4) is 0 Å². The number of benzene rings is 2. The molecule has 0 amide bonds. The average molecular weight is 219 g/mol. The maximum Gasteiger partial charge on any atom is 0.138 e. The molecule has 3 nitrogen and oxygen atoms in total. The van der Waals surface area contributed by atoms with Gasteiger partial charge in [0.2, 0.25) is 0 Å². The van der Waals surface area contributed by atoms with E-state index in [0.29, 0.717) is 5.69 Å². The number of H-pyrrole nitrogens is 1. The predicted octanol–water partition coefficient (Wildman–Crippen LogP) is 3.10. The number of fused-ring (bicyclic) bond motifs is 1. The van der Waals surface area contributed by atoms with Gasteiger partial charge in [-0.05, 0) is 16.8 Å². The molecule has 1 aromatic heterocycles.